The van der Waals surface area contributed by atoms with Crippen molar-refractivity contribution in [1.29, 1.82) is 0 Å². The molecule has 1 aliphatic rings. The van der Waals surface area contributed by atoms with Crippen LogP contribution in [-0.2, 0) is 4.79 Å². The van der Waals surface area contributed by atoms with Gasteiger partial charge in [0.25, 0.3) is 0 Å². The first-order chi connectivity index (χ1) is 8.06. The Hall–Kier alpha value is -0.650. The number of nitrogens with zero attached hydrogens (tertiary/aromatic N) is 1. The first-order valence-electron chi connectivity index (χ1n) is 5.76. The third kappa shape index (κ3) is 3.67. The molecule has 1 aliphatic heterocycles. The fraction of sp³-hybridized carbons (Fsp3) is 0.500. The van der Waals surface area contributed by atoms with Gasteiger partial charge in [-0.05, 0) is 54.2 Å². The summed E-state index contributed by atoms with van der Waals surface area (Å²) in [6.07, 6.45) is 1.93. The van der Waals surface area contributed by atoms with E-state index in [2.05, 4.69) is 38.5 Å². The minimum absolute atomic E-state index is 0. The number of hydrogen-bond donors (Lipinski definition) is 2. The van der Waals surface area contributed by atoms with Crippen molar-refractivity contribution >= 4 is 40.1 Å². The number of carbonyl (C=O) groups excluding carboxylic acids is 1. The number of anilines is 1. The van der Waals surface area contributed by atoms with Crippen LogP contribution in [0.4, 0.5) is 5.82 Å². The molecule has 2 N–H and O–H groups in total. The third-order valence-electron chi connectivity index (χ3n) is 3.00. The summed E-state index contributed by atoms with van der Waals surface area (Å²) >= 11 is 3.30. The summed E-state index contributed by atoms with van der Waals surface area (Å²) in [6.45, 7) is 4.02. The van der Waals surface area contributed by atoms with Crippen LogP contribution >= 0.6 is 28.3 Å². The van der Waals surface area contributed by atoms with Crippen LogP contribution < -0.4 is 10.6 Å². The van der Waals surface area contributed by atoms with Gasteiger partial charge in [0, 0.05) is 6.04 Å². The van der Waals surface area contributed by atoms with E-state index in [1.807, 2.05) is 19.1 Å². The van der Waals surface area contributed by atoms with Crippen LogP contribution in [0.3, 0.4) is 0 Å². The van der Waals surface area contributed by atoms with Crippen LogP contribution in [0.15, 0.2) is 16.7 Å². The molecule has 18 heavy (non-hydrogen) atoms. The quantitative estimate of drug-likeness (QED) is 0.818. The summed E-state index contributed by atoms with van der Waals surface area (Å²) in [5.41, 5.74) is 0.965. The van der Waals surface area contributed by atoms with E-state index in [-0.39, 0.29) is 24.4 Å². The van der Waals surface area contributed by atoms with E-state index in [0.717, 1.165) is 23.0 Å². The average Bonchev–Trinajstić information content (AvgIpc) is 2.70. The number of rotatable bonds is 2. The highest BCUT2D eigenvalue weighted by Crippen LogP contribution is 2.18. The molecule has 4 nitrogen and oxygen atoms in total. The van der Waals surface area contributed by atoms with Gasteiger partial charge in [-0.2, -0.15) is 0 Å². The van der Waals surface area contributed by atoms with Crippen molar-refractivity contribution in [2.75, 3.05) is 5.32 Å². The van der Waals surface area contributed by atoms with E-state index in [4.69, 9.17) is 0 Å². The monoisotopic (exact) mass is 333 g/mol. The number of aryl methyl sites for hydroxylation is 1. The van der Waals surface area contributed by atoms with E-state index < -0.39 is 0 Å². The van der Waals surface area contributed by atoms with Crippen molar-refractivity contribution in [3.05, 3.63) is 22.3 Å². The second kappa shape index (κ2) is 6.50. The second-order valence-corrected chi connectivity index (χ2v) is 5.30. The number of pyridine rings is 1. The lowest BCUT2D eigenvalue weighted by molar-refractivity contribution is -0.117. The first kappa shape index (κ1) is 15.4. The largest absolute Gasteiger partial charge is 0.309 e. The summed E-state index contributed by atoms with van der Waals surface area (Å²) < 4.78 is 0.728. The predicted molar refractivity (Wildman–Crippen MR) is 78.2 cm³/mol. The van der Waals surface area contributed by atoms with E-state index in [9.17, 15) is 4.79 Å². The van der Waals surface area contributed by atoms with E-state index in [0.29, 0.717) is 11.9 Å². The van der Waals surface area contributed by atoms with Gasteiger partial charge in [0.2, 0.25) is 5.91 Å². The Morgan fingerprint density at radius 1 is 1.50 bits per heavy atom. The third-order valence-corrected chi connectivity index (χ3v) is 3.44. The molecule has 0 saturated carbocycles. The first-order valence-corrected chi connectivity index (χ1v) is 6.55. The molecule has 0 aromatic carbocycles. The lowest BCUT2D eigenvalue weighted by atomic mass is 10.2. The lowest BCUT2D eigenvalue weighted by Gasteiger charge is -2.13. The van der Waals surface area contributed by atoms with Gasteiger partial charge < -0.3 is 10.6 Å². The van der Waals surface area contributed by atoms with Gasteiger partial charge >= 0.3 is 0 Å². The Bertz CT molecular complexity index is 441. The van der Waals surface area contributed by atoms with Gasteiger partial charge in [-0.3, -0.25) is 4.79 Å². The molecule has 0 bridgehead atoms. The Morgan fingerprint density at radius 2 is 2.22 bits per heavy atom. The van der Waals surface area contributed by atoms with E-state index in [1.54, 1.807) is 0 Å². The number of nitrogens with one attached hydrogen (secondary N) is 2. The number of halogens is 2. The summed E-state index contributed by atoms with van der Waals surface area (Å²) in [6, 6.07) is 4.12. The Labute approximate surface area is 121 Å². The molecule has 1 aromatic heterocycles. The molecule has 0 radical (unpaired) electrons. The maximum Gasteiger partial charge on any atom is 0.242 e. The normalized spacial score (nSPS) is 22.4. The van der Waals surface area contributed by atoms with Crippen molar-refractivity contribution in [1.82, 2.24) is 10.3 Å². The second-order valence-electron chi connectivity index (χ2n) is 4.49. The Morgan fingerprint density at radius 3 is 2.83 bits per heavy atom. The minimum atomic E-state index is -0.0924. The Balaban J connectivity index is 0.00000162. The maximum atomic E-state index is 12.0. The standard InChI is InChI=1S/C12H16BrN3O.ClH/c1-7-3-6-10(13)15-11(7)16-12(17)9-5-4-8(2)14-9;/h3,6,8-9,14H,4-5H2,1-2H3,(H,15,16,17);1H/t8-,9-;/m0./s1. The zero-order valence-electron chi connectivity index (χ0n) is 10.4. The van der Waals surface area contributed by atoms with Crippen molar-refractivity contribution < 1.29 is 4.79 Å². The van der Waals surface area contributed by atoms with Crippen LogP contribution in [0.5, 0.6) is 0 Å². The number of aromatic nitrogens is 1. The van der Waals surface area contributed by atoms with Gasteiger partial charge in [0.15, 0.2) is 0 Å². The molecule has 1 aromatic rings. The molecule has 6 heteroatoms. The highest BCUT2D eigenvalue weighted by atomic mass is 79.9. The van der Waals surface area contributed by atoms with Crippen LogP contribution in [0, 0.1) is 6.92 Å². The van der Waals surface area contributed by atoms with Crippen molar-refractivity contribution in [2.45, 2.75) is 38.8 Å². The molecule has 0 aliphatic carbocycles. The zero-order chi connectivity index (χ0) is 12.4. The lowest BCUT2D eigenvalue weighted by Crippen LogP contribution is -2.38. The molecule has 1 amide bonds. The van der Waals surface area contributed by atoms with Crippen LogP contribution in [-0.4, -0.2) is 23.0 Å². The number of carbonyl (C=O) groups is 1. The van der Waals surface area contributed by atoms with Crippen LogP contribution in [0.1, 0.15) is 25.3 Å². The molecule has 1 saturated heterocycles. The summed E-state index contributed by atoms with van der Waals surface area (Å²) in [7, 11) is 0. The number of amides is 1. The van der Waals surface area contributed by atoms with Gasteiger partial charge in [0.05, 0.1) is 6.04 Å². The fourth-order valence-electron chi connectivity index (χ4n) is 1.97. The Kier molecular flexibility index (Phi) is 5.56. The summed E-state index contributed by atoms with van der Waals surface area (Å²) in [5.74, 6) is 0.633. The number of hydrogen-bond acceptors (Lipinski definition) is 3. The topological polar surface area (TPSA) is 54.0 Å². The van der Waals surface area contributed by atoms with E-state index >= 15 is 0 Å². The van der Waals surface area contributed by atoms with Crippen molar-refractivity contribution in [2.24, 2.45) is 0 Å². The van der Waals surface area contributed by atoms with Crippen LogP contribution in [0.25, 0.3) is 0 Å². The fourth-order valence-corrected chi connectivity index (χ4v) is 2.28. The molecule has 2 atom stereocenters. The van der Waals surface area contributed by atoms with Crippen molar-refractivity contribution in [3.8, 4) is 0 Å². The molecular formula is C12H17BrClN3O. The molecule has 0 spiro atoms. The predicted octanol–water partition coefficient (Wildman–Crippen LogP) is 2.65. The summed E-state index contributed by atoms with van der Waals surface area (Å²) in [4.78, 5) is 16.3. The average molecular weight is 335 g/mol. The van der Waals surface area contributed by atoms with E-state index in [1.165, 1.54) is 0 Å². The van der Waals surface area contributed by atoms with Crippen LogP contribution in [0.2, 0.25) is 0 Å². The minimum Gasteiger partial charge on any atom is -0.309 e. The van der Waals surface area contributed by atoms with Gasteiger partial charge in [-0.15, -0.1) is 12.4 Å². The zero-order valence-corrected chi connectivity index (χ0v) is 12.8. The van der Waals surface area contributed by atoms with Gasteiger partial charge in [-0.1, -0.05) is 6.07 Å². The molecule has 2 heterocycles. The van der Waals surface area contributed by atoms with Gasteiger partial charge in [-0.25, -0.2) is 4.98 Å². The molecule has 2 rings (SSSR count). The SMILES string of the molecule is Cc1ccc(Br)nc1NC(=O)[C@@H]1CC[C@H](C)N1.Cl. The molecule has 1 fully saturated rings. The smallest absolute Gasteiger partial charge is 0.242 e. The van der Waals surface area contributed by atoms with Crippen molar-refractivity contribution in [3.63, 3.8) is 0 Å². The maximum absolute atomic E-state index is 12.0. The highest BCUT2D eigenvalue weighted by Gasteiger charge is 2.26. The highest BCUT2D eigenvalue weighted by molar-refractivity contribution is 9.10. The molecule has 100 valence electrons. The summed E-state index contributed by atoms with van der Waals surface area (Å²) in [5, 5.41) is 6.13. The van der Waals surface area contributed by atoms with Gasteiger partial charge in [0.1, 0.15) is 10.4 Å². The molecular weight excluding hydrogens is 318 g/mol. The molecule has 0 unspecified atom stereocenters.